The van der Waals surface area contributed by atoms with E-state index in [1.807, 2.05) is 0 Å². The van der Waals surface area contributed by atoms with Crippen molar-refractivity contribution >= 4 is 16.0 Å². The number of nitrogens with two attached hydrogens (primary N) is 1. The van der Waals surface area contributed by atoms with Crippen LogP contribution in [-0.4, -0.2) is 61.4 Å². The van der Waals surface area contributed by atoms with E-state index in [-0.39, 0.29) is 19.1 Å². The van der Waals surface area contributed by atoms with Crippen molar-refractivity contribution in [3.8, 4) is 0 Å². The maximum Gasteiger partial charge on any atom is 0.266 e. The van der Waals surface area contributed by atoms with Gasteiger partial charge in [-0.3, -0.25) is 9.35 Å². The van der Waals surface area contributed by atoms with Gasteiger partial charge in [-0.15, -0.1) is 0 Å². The first kappa shape index (κ1) is 26.5. The highest BCUT2D eigenvalue weighted by molar-refractivity contribution is 7.85. The molecule has 1 amide bonds. The predicted octanol–water partition coefficient (Wildman–Crippen LogP) is 2.19. The molecule has 0 aromatic rings. The number of aliphatic hydroxyl groups is 1. The van der Waals surface area contributed by atoms with Gasteiger partial charge in [0.25, 0.3) is 10.1 Å². The zero-order chi connectivity index (χ0) is 19.6. The monoisotopic (exact) mass is 382 g/mol. The molecule has 0 heterocycles. The van der Waals surface area contributed by atoms with Crippen LogP contribution in [0.5, 0.6) is 0 Å². The van der Waals surface area contributed by atoms with E-state index in [4.69, 9.17) is 15.4 Å². The fourth-order valence-corrected chi connectivity index (χ4v) is 2.66. The maximum atomic E-state index is 11.7. The lowest BCUT2D eigenvalue weighted by Gasteiger charge is -2.16. The Labute approximate surface area is 153 Å². The van der Waals surface area contributed by atoms with Crippen molar-refractivity contribution in [1.82, 2.24) is 4.90 Å². The molecule has 0 saturated carbocycles. The quantitative estimate of drug-likeness (QED) is 0.313. The number of nitrogens with zero attached hydrogens (tertiary/aromatic N) is 1. The van der Waals surface area contributed by atoms with Crippen LogP contribution in [0.1, 0.15) is 71.1 Å². The maximum absolute atomic E-state index is 11.7. The van der Waals surface area contributed by atoms with Crippen molar-refractivity contribution in [3.63, 3.8) is 0 Å². The van der Waals surface area contributed by atoms with Crippen LogP contribution in [0.2, 0.25) is 0 Å². The van der Waals surface area contributed by atoms with Crippen LogP contribution in [0.4, 0.5) is 0 Å². The van der Waals surface area contributed by atoms with Crippen molar-refractivity contribution in [2.24, 2.45) is 5.73 Å². The minimum absolute atomic E-state index is 0.0507. The van der Waals surface area contributed by atoms with Gasteiger partial charge in [0.1, 0.15) is 0 Å². The number of rotatable bonds is 14. The van der Waals surface area contributed by atoms with Gasteiger partial charge in [-0.2, -0.15) is 8.42 Å². The summed E-state index contributed by atoms with van der Waals surface area (Å²) in [5.74, 6) is -0.450. The molecule has 0 aliphatic rings. The summed E-state index contributed by atoms with van der Waals surface area (Å²) in [5.41, 5.74) is 4.78. The van der Waals surface area contributed by atoms with E-state index in [2.05, 4.69) is 6.92 Å². The lowest BCUT2D eigenvalue weighted by molar-refractivity contribution is -0.129. The molecule has 0 radical (unpaired) electrons. The second-order valence-electron chi connectivity index (χ2n) is 6.19. The number of amides is 1. The minimum Gasteiger partial charge on any atom is -0.395 e. The van der Waals surface area contributed by atoms with Crippen LogP contribution >= 0.6 is 0 Å². The zero-order valence-corrected chi connectivity index (χ0v) is 16.8. The smallest absolute Gasteiger partial charge is 0.266 e. The molecule has 0 aromatic carbocycles. The fraction of sp³-hybridized carbons (Fsp3) is 0.941. The highest BCUT2D eigenvalue weighted by Crippen LogP contribution is 2.11. The second kappa shape index (κ2) is 18.1. The summed E-state index contributed by atoms with van der Waals surface area (Å²) in [7, 11) is -2.42. The minimum atomic E-state index is -3.99. The molecule has 0 bridgehead atoms. The summed E-state index contributed by atoms with van der Waals surface area (Å²) in [6.07, 6.45) is 11.3. The van der Waals surface area contributed by atoms with E-state index < -0.39 is 15.9 Å². The Balaban J connectivity index is 0. The Bertz CT molecular complexity index is 400. The number of aliphatic hydroxyl groups excluding tert-OH is 1. The Hall–Kier alpha value is -0.700. The van der Waals surface area contributed by atoms with Crippen molar-refractivity contribution in [2.45, 2.75) is 71.1 Å². The molecular formula is C17H38N2O5S. The molecule has 25 heavy (non-hydrogen) atoms. The molecule has 8 heteroatoms. The van der Waals surface area contributed by atoms with E-state index in [0.29, 0.717) is 13.0 Å². The van der Waals surface area contributed by atoms with Gasteiger partial charge in [0.15, 0.2) is 0 Å². The van der Waals surface area contributed by atoms with Crippen molar-refractivity contribution in [2.75, 3.05) is 32.5 Å². The normalized spacial score (nSPS) is 10.9. The van der Waals surface area contributed by atoms with E-state index in [1.54, 1.807) is 7.05 Å². The van der Waals surface area contributed by atoms with Crippen LogP contribution in [0.25, 0.3) is 0 Å². The molecule has 0 aliphatic carbocycles. The molecule has 0 fully saturated rings. The second-order valence-corrected chi connectivity index (χ2v) is 7.76. The van der Waals surface area contributed by atoms with Gasteiger partial charge >= 0.3 is 0 Å². The number of carbonyl (C=O) groups excluding carboxylic acids is 1. The molecular weight excluding hydrogens is 344 g/mol. The van der Waals surface area contributed by atoms with Crippen LogP contribution < -0.4 is 5.73 Å². The lowest BCUT2D eigenvalue weighted by Crippen LogP contribution is -2.31. The number of hydrogen-bond donors (Lipinski definition) is 3. The van der Waals surface area contributed by atoms with Gasteiger partial charge in [0.2, 0.25) is 5.91 Å². The van der Waals surface area contributed by atoms with E-state index in [1.165, 1.54) is 43.4 Å². The molecule has 0 atom stereocenters. The number of unbranched alkanes of at least 4 members (excludes halogenated alkanes) is 8. The molecule has 0 aromatic heterocycles. The third kappa shape index (κ3) is 23.3. The van der Waals surface area contributed by atoms with E-state index >= 15 is 0 Å². The molecule has 0 spiro atoms. The van der Waals surface area contributed by atoms with Gasteiger partial charge in [-0.25, -0.2) is 0 Å². The summed E-state index contributed by atoms with van der Waals surface area (Å²) >= 11 is 0. The summed E-state index contributed by atoms with van der Waals surface area (Å²) in [4.78, 5) is 13.1. The molecule has 0 unspecified atom stereocenters. The van der Waals surface area contributed by atoms with Crippen molar-refractivity contribution in [1.29, 1.82) is 0 Å². The van der Waals surface area contributed by atoms with Gasteiger partial charge in [0.05, 0.1) is 12.4 Å². The standard InChI is InChI=1S/C15H31NO4S.C2H7NO/c1-3-4-5-6-7-8-9-10-11-12-15(17)16(2)13-14-21(18,19)20;3-1-2-4/h3-14H2,1-2H3,(H,18,19,20);4H,1-3H2. The summed E-state index contributed by atoms with van der Waals surface area (Å²) in [5, 5.41) is 7.75. The highest BCUT2D eigenvalue weighted by atomic mass is 32.2. The van der Waals surface area contributed by atoms with Gasteiger partial charge in [0, 0.05) is 26.6 Å². The summed E-state index contributed by atoms with van der Waals surface area (Å²) in [6, 6.07) is 0. The first-order valence-electron chi connectivity index (χ1n) is 9.28. The summed E-state index contributed by atoms with van der Waals surface area (Å²) in [6.45, 7) is 2.74. The van der Waals surface area contributed by atoms with E-state index in [0.717, 1.165) is 19.3 Å². The first-order valence-corrected chi connectivity index (χ1v) is 10.9. The molecule has 4 N–H and O–H groups in total. The van der Waals surface area contributed by atoms with Crippen molar-refractivity contribution < 1.29 is 22.9 Å². The van der Waals surface area contributed by atoms with Gasteiger partial charge in [-0.1, -0.05) is 58.3 Å². The van der Waals surface area contributed by atoms with Crippen LogP contribution in [0.15, 0.2) is 0 Å². The SMILES string of the molecule is CCCCCCCCCCCC(=O)N(C)CCS(=O)(=O)O.NCCO. The van der Waals surface area contributed by atoms with E-state index in [9.17, 15) is 13.2 Å². The van der Waals surface area contributed by atoms with Crippen LogP contribution in [-0.2, 0) is 14.9 Å². The molecule has 0 saturated heterocycles. The largest absolute Gasteiger partial charge is 0.395 e. The van der Waals surface area contributed by atoms with Crippen LogP contribution in [0, 0.1) is 0 Å². The molecule has 7 nitrogen and oxygen atoms in total. The Morgan fingerprint density at radius 2 is 1.44 bits per heavy atom. The topological polar surface area (TPSA) is 121 Å². The third-order valence-corrected chi connectivity index (χ3v) is 4.43. The number of carbonyl (C=O) groups is 1. The van der Waals surface area contributed by atoms with Gasteiger partial charge in [-0.05, 0) is 6.42 Å². The fourth-order valence-electron chi connectivity index (χ4n) is 2.15. The third-order valence-electron chi connectivity index (χ3n) is 3.73. The molecule has 152 valence electrons. The van der Waals surface area contributed by atoms with Gasteiger partial charge < -0.3 is 15.7 Å². The molecule has 0 aliphatic heterocycles. The molecule has 0 rings (SSSR count). The number of hydrogen-bond acceptors (Lipinski definition) is 5. The summed E-state index contributed by atoms with van der Waals surface area (Å²) < 4.78 is 29.8. The first-order chi connectivity index (χ1) is 11.8. The average Bonchev–Trinajstić information content (AvgIpc) is 2.57. The predicted molar refractivity (Wildman–Crippen MR) is 102 cm³/mol. The highest BCUT2D eigenvalue weighted by Gasteiger charge is 2.12. The zero-order valence-electron chi connectivity index (χ0n) is 16.0. The Morgan fingerprint density at radius 1 is 1.00 bits per heavy atom. The Morgan fingerprint density at radius 3 is 1.84 bits per heavy atom. The lowest BCUT2D eigenvalue weighted by atomic mass is 10.1. The van der Waals surface area contributed by atoms with Crippen molar-refractivity contribution in [3.05, 3.63) is 0 Å². The average molecular weight is 383 g/mol. The van der Waals surface area contributed by atoms with Crippen LogP contribution in [0.3, 0.4) is 0 Å². The Kier molecular flexibility index (Phi) is 19.2.